The summed E-state index contributed by atoms with van der Waals surface area (Å²) in [7, 11) is 0. The molecule has 0 bridgehead atoms. The predicted molar refractivity (Wildman–Crippen MR) is 68.9 cm³/mol. The zero-order valence-corrected chi connectivity index (χ0v) is 10.8. The van der Waals surface area contributed by atoms with E-state index in [4.69, 9.17) is 0 Å². The molecule has 0 amide bonds. The summed E-state index contributed by atoms with van der Waals surface area (Å²) in [6.07, 6.45) is -4.88. The number of hydrogen-bond acceptors (Lipinski definition) is 5. The smallest absolute Gasteiger partial charge is 0.336 e. The van der Waals surface area contributed by atoms with Crippen molar-refractivity contribution in [3.05, 3.63) is 35.9 Å². The molecule has 5 atom stereocenters. The van der Waals surface area contributed by atoms with Gasteiger partial charge in [0, 0.05) is 12.3 Å². The predicted octanol–water partition coefficient (Wildman–Crippen LogP) is -0.853. The summed E-state index contributed by atoms with van der Waals surface area (Å²) in [6, 6.07) is 8.80. The zero-order chi connectivity index (χ0) is 14.9. The van der Waals surface area contributed by atoms with E-state index in [1.54, 1.807) is 30.3 Å². The molecule has 2 rings (SSSR count). The summed E-state index contributed by atoms with van der Waals surface area (Å²) in [5.41, 5.74) is -1.53. The van der Waals surface area contributed by atoms with Gasteiger partial charge in [0.1, 0.15) is 6.10 Å². The number of rotatable bonds is 3. The SMILES string of the molecule is O=C(O)[C@@]1(O)C[C@@H](O)[C@@H](O)[C@H](O)[C@H]1Cc1ccccc1. The lowest BCUT2D eigenvalue weighted by atomic mass is 9.68. The Morgan fingerprint density at radius 1 is 1.15 bits per heavy atom. The number of carboxylic acid groups (broad SMARTS) is 1. The van der Waals surface area contributed by atoms with Crippen LogP contribution in [0, 0.1) is 5.92 Å². The second-order valence-corrected chi connectivity index (χ2v) is 5.28. The minimum Gasteiger partial charge on any atom is -0.479 e. The van der Waals surface area contributed by atoms with Crippen molar-refractivity contribution in [2.75, 3.05) is 0 Å². The van der Waals surface area contributed by atoms with Crippen molar-refractivity contribution in [1.82, 2.24) is 0 Å². The van der Waals surface area contributed by atoms with Crippen molar-refractivity contribution in [2.45, 2.75) is 36.8 Å². The first-order valence-electron chi connectivity index (χ1n) is 6.40. The summed E-state index contributed by atoms with van der Waals surface area (Å²) in [4.78, 5) is 11.3. The first kappa shape index (κ1) is 14.9. The van der Waals surface area contributed by atoms with Crippen LogP contribution in [-0.4, -0.2) is 55.4 Å². The molecule has 1 aromatic carbocycles. The number of aliphatic carboxylic acids is 1. The van der Waals surface area contributed by atoms with Gasteiger partial charge in [0.15, 0.2) is 5.60 Å². The van der Waals surface area contributed by atoms with Crippen molar-refractivity contribution in [1.29, 1.82) is 0 Å². The molecule has 0 unspecified atom stereocenters. The lowest BCUT2D eigenvalue weighted by molar-refractivity contribution is -0.209. The van der Waals surface area contributed by atoms with E-state index in [1.165, 1.54) is 0 Å². The average Bonchev–Trinajstić information content (AvgIpc) is 2.42. The highest BCUT2D eigenvalue weighted by Gasteiger charge is 2.55. The molecule has 1 saturated carbocycles. The van der Waals surface area contributed by atoms with Crippen molar-refractivity contribution in [3.63, 3.8) is 0 Å². The monoisotopic (exact) mass is 282 g/mol. The maximum Gasteiger partial charge on any atom is 0.336 e. The van der Waals surface area contributed by atoms with E-state index in [2.05, 4.69) is 0 Å². The van der Waals surface area contributed by atoms with Gasteiger partial charge >= 0.3 is 5.97 Å². The van der Waals surface area contributed by atoms with Gasteiger partial charge in [0.05, 0.1) is 12.2 Å². The van der Waals surface area contributed by atoms with Crippen LogP contribution in [0.5, 0.6) is 0 Å². The second kappa shape index (κ2) is 5.49. The molecule has 1 aliphatic carbocycles. The number of carboxylic acids is 1. The van der Waals surface area contributed by atoms with Crippen LogP contribution in [0.1, 0.15) is 12.0 Å². The second-order valence-electron chi connectivity index (χ2n) is 5.28. The molecule has 6 heteroatoms. The molecule has 0 saturated heterocycles. The highest BCUT2D eigenvalue weighted by molar-refractivity contribution is 5.78. The Morgan fingerprint density at radius 3 is 2.30 bits per heavy atom. The largest absolute Gasteiger partial charge is 0.479 e. The van der Waals surface area contributed by atoms with Crippen molar-refractivity contribution in [2.24, 2.45) is 5.92 Å². The minimum absolute atomic E-state index is 0.0919. The van der Waals surface area contributed by atoms with E-state index >= 15 is 0 Å². The third-order valence-corrected chi connectivity index (χ3v) is 3.96. The van der Waals surface area contributed by atoms with E-state index in [-0.39, 0.29) is 6.42 Å². The molecular formula is C14H18O6. The van der Waals surface area contributed by atoms with Gasteiger partial charge in [0.25, 0.3) is 0 Å². The number of hydrogen-bond donors (Lipinski definition) is 5. The Kier molecular flexibility index (Phi) is 4.10. The van der Waals surface area contributed by atoms with E-state index in [0.29, 0.717) is 0 Å². The molecule has 1 fully saturated rings. The van der Waals surface area contributed by atoms with Crippen LogP contribution in [0.2, 0.25) is 0 Å². The van der Waals surface area contributed by atoms with Gasteiger partial charge in [-0.1, -0.05) is 30.3 Å². The summed E-state index contributed by atoms with van der Waals surface area (Å²) in [5.74, 6) is -2.61. The molecule has 1 aliphatic rings. The van der Waals surface area contributed by atoms with Crippen LogP contribution in [0.3, 0.4) is 0 Å². The highest BCUT2D eigenvalue weighted by atomic mass is 16.4. The van der Waals surface area contributed by atoms with E-state index in [9.17, 15) is 30.3 Å². The summed E-state index contributed by atoms with van der Waals surface area (Å²) < 4.78 is 0. The maximum atomic E-state index is 11.3. The molecule has 20 heavy (non-hydrogen) atoms. The highest BCUT2D eigenvalue weighted by Crippen LogP contribution is 2.37. The minimum atomic E-state index is -2.27. The van der Waals surface area contributed by atoms with E-state index in [1.807, 2.05) is 0 Å². The van der Waals surface area contributed by atoms with Crippen molar-refractivity contribution in [3.8, 4) is 0 Å². The van der Waals surface area contributed by atoms with Crippen LogP contribution >= 0.6 is 0 Å². The Bertz CT molecular complexity index is 476. The normalized spacial score (nSPS) is 37.6. The fraction of sp³-hybridized carbons (Fsp3) is 0.500. The molecule has 5 N–H and O–H groups in total. The van der Waals surface area contributed by atoms with Gasteiger partial charge < -0.3 is 25.5 Å². The Labute approximate surface area is 115 Å². The molecule has 0 heterocycles. The van der Waals surface area contributed by atoms with Crippen LogP contribution in [0.25, 0.3) is 0 Å². The third kappa shape index (κ3) is 2.55. The number of carbonyl (C=O) groups is 1. The van der Waals surface area contributed by atoms with Gasteiger partial charge in [-0.3, -0.25) is 0 Å². The topological polar surface area (TPSA) is 118 Å². The molecule has 1 aromatic rings. The quantitative estimate of drug-likeness (QED) is 0.493. The summed E-state index contributed by atoms with van der Waals surface area (Å²) in [6.45, 7) is 0. The first-order valence-corrected chi connectivity index (χ1v) is 6.40. The van der Waals surface area contributed by atoms with Crippen LogP contribution in [0.15, 0.2) is 30.3 Å². The molecule has 0 aromatic heterocycles. The van der Waals surface area contributed by atoms with Gasteiger partial charge in [-0.2, -0.15) is 0 Å². The zero-order valence-electron chi connectivity index (χ0n) is 10.8. The van der Waals surface area contributed by atoms with Crippen molar-refractivity contribution < 1.29 is 30.3 Å². The van der Waals surface area contributed by atoms with E-state index < -0.39 is 42.2 Å². The van der Waals surface area contributed by atoms with Gasteiger partial charge in [-0.25, -0.2) is 4.79 Å². The average molecular weight is 282 g/mol. The first-order chi connectivity index (χ1) is 9.36. The lowest BCUT2D eigenvalue weighted by Crippen LogP contribution is -2.63. The molecule has 0 spiro atoms. The number of aliphatic hydroxyl groups excluding tert-OH is 3. The Hall–Kier alpha value is -1.47. The molecule has 110 valence electrons. The standard InChI is InChI=1S/C14H18O6/c15-10-7-14(20,13(18)19)9(11(16)12(10)17)6-8-4-2-1-3-5-8/h1-5,9-12,15-17,20H,6-7H2,(H,18,19)/t9-,10-,11-,12-,14-/m1/s1. The van der Waals surface area contributed by atoms with E-state index in [0.717, 1.165) is 5.56 Å². The Balaban J connectivity index is 2.32. The van der Waals surface area contributed by atoms with Crippen LogP contribution in [-0.2, 0) is 11.2 Å². The van der Waals surface area contributed by atoms with Crippen LogP contribution < -0.4 is 0 Å². The van der Waals surface area contributed by atoms with Crippen molar-refractivity contribution >= 4 is 5.97 Å². The molecule has 6 nitrogen and oxygen atoms in total. The molecular weight excluding hydrogens is 264 g/mol. The fourth-order valence-corrected chi connectivity index (χ4v) is 2.74. The number of aliphatic hydroxyl groups is 4. The summed E-state index contributed by atoms with van der Waals surface area (Å²) >= 11 is 0. The van der Waals surface area contributed by atoms with Crippen LogP contribution in [0.4, 0.5) is 0 Å². The van der Waals surface area contributed by atoms with Gasteiger partial charge in [0.2, 0.25) is 0 Å². The van der Waals surface area contributed by atoms with Gasteiger partial charge in [-0.15, -0.1) is 0 Å². The lowest BCUT2D eigenvalue weighted by Gasteiger charge is -2.44. The maximum absolute atomic E-state index is 11.3. The molecule has 0 aliphatic heterocycles. The molecule has 0 radical (unpaired) electrons. The van der Waals surface area contributed by atoms with Gasteiger partial charge in [-0.05, 0) is 12.0 Å². The number of benzene rings is 1. The Morgan fingerprint density at radius 2 is 1.75 bits per heavy atom. The third-order valence-electron chi connectivity index (χ3n) is 3.96. The fourth-order valence-electron chi connectivity index (χ4n) is 2.74. The summed E-state index contributed by atoms with van der Waals surface area (Å²) in [5, 5.41) is 48.8.